The number of pyridine rings is 1. The van der Waals surface area contributed by atoms with Gasteiger partial charge < -0.3 is 10.2 Å². The number of carbonyl (C=O) groups excluding carboxylic acids is 1. The average molecular weight is 295 g/mol. The maximum Gasteiger partial charge on any atom is 0.239 e. The predicted octanol–water partition coefficient (Wildman–Crippen LogP) is 1.80. The average Bonchev–Trinajstić information content (AvgIpc) is 2.59. The lowest BCUT2D eigenvalue weighted by Gasteiger charge is -2.29. The summed E-state index contributed by atoms with van der Waals surface area (Å²) >= 11 is 0. The van der Waals surface area contributed by atoms with Gasteiger partial charge in [0.25, 0.3) is 0 Å². The molecule has 2 heterocycles. The highest BCUT2D eigenvalue weighted by molar-refractivity contribution is 5.82. The number of aromatic nitrogens is 1. The second-order valence-electron chi connectivity index (χ2n) is 5.74. The molecule has 1 aliphatic rings. The number of fused-ring (bicyclic) bond motifs is 1. The summed E-state index contributed by atoms with van der Waals surface area (Å²) in [4.78, 5) is 18.7. The molecule has 1 aromatic carbocycles. The van der Waals surface area contributed by atoms with E-state index in [2.05, 4.69) is 22.4 Å². The smallest absolute Gasteiger partial charge is 0.239 e. The third-order valence-electron chi connectivity index (χ3n) is 4.19. The van der Waals surface area contributed by atoms with E-state index in [1.54, 1.807) is 11.1 Å². The molecule has 1 aliphatic heterocycles. The molecule has 2 aromatic rings. The van der Waals surface area contributed by atoms with Crippen molar-refractivity contribution in [3.8, 4) is 0 Å². The highest BCUT2D eigenvalue weighted by atomic mass is 16.2. The maximum atomic E-state index is 12.6. The Labute approximate surface area is 131 Å². The van der Waals surface area contributed by atoms with Crippen LogP contribution in [0.15, 0.2) is 48.7 Å². The Morgan fingerprint density at radius 3 is 2.77 bits per heavy atom. The molecule has 4 nitrogen and oxygen atoms in total. The number of hydrogen-bond acceptors (Lipinski definition) is 3. The van der Waals surface area contributed by atoms with Crippen molar-refractivity contribution in [2.45, 2.75) is 25.4 Å². The standard InChI is InChI=1S/C18H21N3O/c1-21(11-9-16-8-4-5-10-19-16)18(22)17-12-14-6-2-3-7-15(14)13-20-17/h2-8,10,17,20H,9,11-13H2,1H3. The van der Waals surface area contributed by atoms with E-state index in [-0.39, 0.29) is 11.9 Å². The molecule has 0 saturated heterocycles. The lowest BCUT2D eigenvalue weighted by molar-refractivity contribution is -0.132. The quantitative estimate of drug-likeness (QED) is 0.935. The molecule has 3 rings (SSSR count). The van der Waals surface area contributed by atoms with Crippen LogP contribution in [0.4, 0.5) is 0 Å². The third-order valence-corrected chi connectivity index (χ3v) is 4.19. The van der Waals surface area contributed by atoms with Gasteiger partial charge in [-0.25, -0.2) is 0 Å². The zero-order valence-electron chi connectivity index (χ0n) is 12.8. The van der Waals surface area contributed by atoms with Crippen molar-refractivity contribution in [1.29, 1.82) is 0 Å². The van der Waals surface area contributed by atoms with E-state index in [4.69, 9.17) is 0 Å². The number of amides is 1. The van der Waals surface area contributed by atoms with Crippen LogP contribution in [-0.2, 0) is 24.2 Å². The van der Waals surface area contributed by atoms with E-state index in [0.29, 0.717) is 6.54 Å². The zero-order valence-corrected chi connectivity index (χ0v) is 12.8. The van der Waals surface area contributed by atoms with E-state index in [1.165, 1.54) is 11.1 Å². The summed E-state index contributed by atoms with van der Waals surface area (Å²) in [5.74, 6) is 0.158. The van der Waals surface area contributed by atoms with Crippen LogP contribution in [0.1, 0.15) is 16.8 Å². The molecule has 1 atom stereocenters. The monoisotopic (exact) mass is 295 g/mol. The lowest BCUT2D eigenvalue weighted by atomic mass is 9.95. The van der Waals surface area contributed by atoms with Gasteiger partial charge in [-0.2, -0.15) is 0 Å². The minimum absolute atomic E-state index is 0.122. The van der Waals surface area contributed by atoms with Gasteiger partial charge in [-0.15, -0.1) is 0 Å². The van der Waals surface area contributed by atoms with Crippen LogP contribution >= 0.6 is 0 Å². The van der Waals surface area contributed by atoms with Gasteiger partial charge >= 0.3 is 0 Å². The van der Waals surface area contributed by atoms with Crippen molar-refractivity contribution in [3.63, 3.8) is 0 Å². The van der Waals surface area contributed by atoms with Crippen molar-refractivity contribution < 1.29 is 4.79 Å². The highest BCUT2D eigenvalue weighted by Gasteiger charge is 2.26. The van der Waals surface area contributed by atoms with E-state index in [0.717, 1.165) is 25.1 Å². The Morgan fingerprint density at radius 2 is 2.00 bits per heavy atom. The van der Waals surface area contributed by atoms with Gasteiger partial charge in [0.05, 0.1) is 6.04 Å². The fourth-order valence-electron chi connectivity index (χ4n) is 2.83. The topological polar surface area (TPSA) is 45.2 Å². The van der Waals surface area contributed by atoms with E-state index in [9.17, 15) is 4.79 Å². The predicted molar refractivity (Wildman–Crippen MR) is 86.4 cm³/mol. The van der Waals surface area contributed by atoms with Crippen LogP contribution in [0.3, 0.4) is 0 Å². The summed E-state index contributed by atoms with van der Waals surface area (Å²) < 4.78 is 0. The normalized spacial score (nSPS) is 16.9. The Hall–Kier alpha value is -2.20. The molecule has 0 bridgehead atoms. The first-order valence-electron chi connectivity index (χ1n) is 7.69. The number of likely N-dealkylation sites (N-methyl/N-ethyl adjacent to an activating group) is 1. The highest BCUT2D eigenvalue weighted by Crippen LogP contribution is 2.17. The van der Waals surface area contributed by atoms with Crippen LogP contribution in [-0.4, -0.2) is 35.4 Å². The molecule has 0 aliphatic carbocycles. The van der Waals surface area contributed by atoms with Crippen LogP contribution in [0.5, 0.6) is 0 Å². The summed E-state index contributed by atoms with van der Waals surface area (Å²) in [7, 11) is 1.87. The lowest BCUT2D eigenvalue weighted by Crippen LogP contribution is -2.48. The Bertz CT molecular complexity index is 642. The van der Waals surface area contributed by atoms with Crippen molar-refractivity contribution in [2.24, 2.45) is 0 Å². The Balaban J connectivity index is 1.57. The molecule has 22 heavy (non-hydrogen) atoms. The van der Waals surface area contributed by atoms with Gasteiger partial charge in [0.15, 0.2) is 0 Å². The van der Waals surface area contributed by atoms with Gasteiger partial charge in [0.2, 0.25) is 5.91 Å². The summed E-state index contributed by atoms with van der Waals surface area (Å²) in [5, 5.41) is 3.35. The molecular formula is C18H21N3O. The Kier molecular flexibility index (Phi) is 4.49. The molecule has 0 radical (unpaired) electrons. The Morgan fingerprint density at radius 1 is 1.23 bits per heavy atom. The number of hydrogen-bond donors (Lipinski definition) is 1. The van der Waals surface area contributed by atoms with Crippen molar-refractivity contribution in [2.75, 3.05) is 13.6 Å². The summed E-state index contributed by atoms with van der Waals surface area (Å²) in [5.41, 5.74) is 3.59. The first-order chi connectivity index (χ1) is 10.7. The second kappa shape index (κ2) is 6.71. The molecule has 0 spiro atoms. The molecule has 1 unspecified atom stereocenters. The molecule has 1 N–H and O–H groups in total. The van der Waals surface area contributed by atoms with E-state index < -0.39 is 0 Å². The van der Waals surface area contributed by atoms with Gasteiger partial charge in [0, 0.05) is 38.4 Å². The summed E-state index contributed by atoms with van der Waals surface area (Å²) in [6, 6.07) is 14.1. The third kappa shape index (κ3) is 3.34. The SMILES string of the molecule is CN(CCc1ccccn1)C(=O)C1Cc2ccccc2CN1. The molecular weight excluding hydrogens is 274 g/mol. The number of nitrogens with one attached hydrogen (secondary N) is 1. The molecule has 0 saturated carbocycles. The molecule has 1 amide bonds. The number of nitrogens with zero attached hydrogens (tertiary/aromatic N) is 2. The largest absolute Gasteiger partial charge is 0.344 e. The zero-order chi connectivity index (χ0) is 15.4. The minimum atomic E-state index is -0.122. The van der Waals surface area contributed by atoms with Gasteiger partial charge in [0.1, 0.15) is 0 Å². The van der Waals surface area contributed by atoms with Crippen LogP contribution < -0.4 is 5.32 Å². The van der Waals surface area contributed by atoms with Crippen molar-refractivity contribution in [1.82, 2.24) is 15.2 Å². The van der Waals surface area contributed by atoms with Gasteiger partial charge in [-0.3, -0.25) is 9.78 Å². The van der Waals surface area contributed by atoms with Crippen LogP contribution in [0.2, 0.25) is 0 Å². The fourth-order valence-corrected chi connectivity index (χ4v) is 2.83. The van der Waals surface area contributed by atoms with E-state index in [1.807, 2.05) is 37.4 Å². The summed E-state index contributed by atoms with van der Waals surface area (Å²) in [6.45, 7) is 1.45. The maximum absolute atomic E-state index is 12.6. The van der Waals surface area contributed by atoms with Gasteiger partial charge in [-0.05, 0) is 29.7 Å². The first kappa shape index (κ1) is 14.7. The summed E-state index contributed by atoms with van der Waals surface area (Å²) in [6.07, 6.45) is 3.34. The van der Waals surface area contributed by atoms with E-state index >= 15 is 0 Å². The number of benzene rings is 1. The molecule has 1 aromatic heterocycles. The number of carbonyl (C=O) groups is 1. The first-order valence-corrected chi connectivity index (χ1v) is 7.69. The van der Waals surface area contributed by atoms with Crippen LogP contribution in [0.25, 0.3) is 0 Å². The number of rotatable bonds is 4. The molecule has 0 fully saturated rings. The second-order valence-corrected chi connectivity index (χ2v) is 5.74. The minimum Gasteiger partial charge on any atom is -0.344 e. The molecule has 4 heteroatoms. The fraction of sp³-hybridized carbons (Fsp3) is 0.333. The van der Waals surface area contributed by atoms with Gasteiger partial charge in [-0.1, -0.05) is 30.3 Å². The van der Waals surface area contributed by atoms with Crippen LogP contribution in [0, 0.1) is 0 Å². The molecule has 114 valence electrons. The van der Waals surface area contributed by atoms with Crippen molar-refractivity contribution >= 4 is 5.91 Å². The van der Waals surface area contributed by atoms with Crippen molar-refractivity contribution in [3.05, 3.63) is 65.5 Å².